The zero-order chi connectivity index (χ0) is 15.2. The Bertz CT molecular complexity index is 448. The van der Waals surface area contributed by atoms with Crippen LogP contribution in [0.1, 0.15) is 32.3 Å². The van der Waals surface area contributed by atoms with Gasteiger partial charge in [0.2, 0.25) is 5.91 Å². The van der Waals surface area contributed by atoms with Crippen molar-refractivity contribution in [1.82, 2.24) is 4.90 Å². The zero-order valence-corrected chi connectivity index (χ0v) is 13.1. The van der Waals surface area contributed by atoms with E-state index in [0.717, 1.165) is 45.6 Å². The van der Waals surface area contributed by atoms with Gasteiger partial charge in [-0.15, -0.1) is 0 Å². The van der Waals surface area contributed by atoms with Gasteiger partial charge in [-0.05, 0) is 26.0 Å². The quantitative estimate of drug-likeness (QED) is 0.874. The fourth-order valence-corrected chi connectivity index (χ4v) is 3.13. The van der Waals surface area contributed by atoms with Gasteiger partial charge in [-0.1, -0.05) is 12.1 Å². The molecule has 0 aromatic heterocycles. The van der Waals surface area contributed by atoms with Crippen LogP contribution in [0.3, 0.4) is 0 Å². The van der Waals surface area contributed by atoms with Crippen LogP contribution in [0.2, 0.25) is 0 Å². The van der Waals surface area contributed by atoms with Gasteiger partial charge in [0.05, 0.1) is 13.1 Å². The van der Waals surface area contributed by atoms with Crippen LogP contribution >= 0.6 is 0 Å². The van der Waals surface area contributed by atoms with Gasteiger partial charge in [0, 0.05) is 37.4 Å². The number of likely N-dealkylation sites (tertiary alicyclic amines) is 1. The molecule has 0 spiro atoms. The number of amides is 1. The predicted molar refractivity (Wildman–Crippen MR) is 81.5 cm³/mol. The molecule has 1 aliphatic rings. The molecular formula is C17H26FN2O+. The first-order valence-electron chi connectivity index (χ1n) is 8.00. The highest BCUT2D eigenvalue weighted by molar-refractivity contribution is 5.78. The molecule has 0 atom stereocenters. The molecule has 1 heterocycles. The fourth-order valence-electron chi connectivity index (χ4n) is 3.13. The molecule has 0 aliphatic carbocycles. The average molecular weight is 293 g/mol. The lowest BCUT2D eigenvalue weighted by Crippen LogP contribution is -3.11. The first-order chi connectivity index (χ1) is 10.1. The van der Waals surface area contributed by atoms with E-state index in [9.17, 15) is 9.18 Å². The molecule has 4 heteroatoms. The third kappa shape index (κ3) is 4.27. The van der Waals surface area contributed by atoms with Gasteiger partial charge in [-0.2, -0.15) is 0 Å². The van der Waals surface area contributed by atoms with Crippen molar-refractivity contribution in [3.05, 3.63) is 35.6 Å². The van der Waals surface area contributed by atoms with Crippen molar-refractivity contribution in [3.63, 3.8) is 0 Å². The fraction of sp³-hybridized carbons (Fsp3) is 0.588. The molecule has 1 N–H and O–H groups in total. The van der Waals surface area contributed by atoms with Crippen LogP contribution in [0.15, 0.2) is 24.3 Å². The molecule has 1 amide bonds. The molecule has 1 aromatic rings. The lowest BCUT2D eigenvalue weighted by atomic mass is 9.95. The van der Waals surface area contributed by atoms with E-state index < -0.39 is 0 Å². The minimum absolute atomic E-state index is 0.183. The Hall–Kier alpha value is -1.42. The molecule has 0 saturated carbocycles. The number of quaternary nitrogens is 1. The molecule has 1 saturated heterocycles. The molecule has 3 nitrogen and oxygen atoms in total. The SMILES string of the molecule is CCN(CC)C(=O)C1CC[NH+](Cc2ccc(F)cc2)CC1. The largest absolute Gasteiger partial charge is 0.343 e. The van der Waals surface area contributed by atoms with E-state index in [-0.39, 0.29) is 11.7 Å². The van der Waals surface area contributed by atoms with E-state index in [1.54, 1.807) is 0 Å². The summed E-state index contributed by atoms with van der Waals surface area (Å²) in [5.74, 6) is 0.333. The van der Waals surface area contributed by atoms with E-state index >= 15 is 0 Å². The normalized spacial score (nSPS) is 22.0. The van der Waals surface area contributed by atoms with Crippen molar-refractivity contribution in [3.8, 4) is 0 Å². The van der Waals surface area contributed by atoms with Gasteiger partial charge < -0.3 is 9.80 Å². The molecule has 116 valence electrons. The number of nitrogens with zero attached hydrogens (tertiary/aromatic N) is 1. The third-order valence-electron chi connectivity index (χ3n) is 4.48. The lowest BCUT2D eigenvalue weighted by Gasteiger charge is -2.31. The summed E-state index contributed by atoms with van der Waals surface area (Å²) in [6.45, 7) is 8.65. The minimum Gasteiger partial charge on any atom is -0.343 e. The number of nitrogens with one attached hydrogen (secondary N) is 1. The average Bonchev–Trinajstić information content (AvgIpc) is 2.51. The van der Waals surface area contributed by atoms with E-state index in [1.807, 2.05) is 30.9 Å². The maximum Gasteiger partial charge on any atom is 0.226 e. The second-order valence-electron chi connectivity index (χ2n) is 5.84. The van der Waals surface area contributed by atoms with Crippen molar-refractivity contribution in [1.29, 1.82) is 0 Å². The van der Waals surface area contributed by atoms with Crippen molar-refractivity contribution in [2.75, 3.05) is 26.2 Å². The highest BCUT2D eigenvalue weighted by Crippen LogP contribution is 2.14. The summed E-state index contributed by atoms with van der Waals surface area (Å²) in [4.78, 5) is 15.8. The Morgan fingerprint density at radius 1 is 1.19 bits per heavy atom. The Morgan fingerprint density at radius 3 is 2.29 bits per heavy atom. The number of halogens is 1. The molecule has 0 unspecified atom stereocenters. The summed E-state index contributed by atoms with van der Waals surface area (Å²) in [5.41, 5.74) is 1.17. The van der Waals surface area contributed by atoms with Gasteiger partial charge >= 0.3 is 0 Å². The van der Waals surface area contributed by atoms with E-state index in [1.165, 1.54) is 22.6 Å². The molecule has 1 fully saturated rings. The Labute approximate surface area is 126 Å². The Balaban J connectivity index is 1.83. The smallest absolute Gasteiger partial charge is 0.226 e. The highest BCUT2D eigenvalue weighted by Gasteiger charge is 2.29. The Kier molecular flexibility index (Phi) is 5.74. The van der Waals surface area contributed by atoms with Crippen LogP contribution in [-0.4, -0.2) is 37.0 Å². The molecule has 0 radical (unpaired) electrons. The Morgan fingerprint density at radius 2 is 1.76 bits per heavy atom. The van der Waals surface area contributed by atoms with Gasteiger partial charge in [-0.25, -0.2) is 4.39 Å². The number of rotatable bonds is 5. The van der Waals surface area contributed by atoms with Gasteiger partial charge in [0.15, 0.2) is 0 Å². The van der Waals surface area contributed by atoms with Crippen LogP contribution < -0.4 is 4.90 Å². The first-order valence-corrected chi connectivity index (χ1v) is 8.00. The van der Waals surface area contributed by atoms with E-state index in [2.05, 4.69) is 0 Å². The number of benzene rings is 1. The van der Waals surface area contributed by atoms with Crippen LogP contribution in [0.25, 0.3) is 0 Å². The minimum atomic E-state index is -0.183. The third-order valence-corrected chi connectivity index (χ3v) is 4.48. The van der Waals surface area contributed by atoms with Crippen LogP contribution in [0.5, 0.6) is 0 Å². The van der Waals surface area contributed by atoms with Crippen LogP contribution in [0, 0.1) is 11.7 Å². The number of hydrogen-bond acceptors (Lipinski definition) is 1. The standard InChI is InChI=1S/C17H25FN2O/c1-3-20(4-2)17(21)15-9-11-19(12-10-15)13-14-5-7-16(18)8-6-14/h5-8,15H,3-4,9-13H2,1-2H3/p+1. The lowest BCUT2D eigenvalue weighted by molar-refractivity contribution is -0.919. The van der Waals surface area contributed by atoms with E-state index in [0.29, 0.717) is 5.91 Å². The summed E-state index contributed by atoms with van der Waals surface area (Å²) in [6, 6.07) is 6.75. The molecule has 0 bridgehead atoms. The summed E-state index contributed by atoms with van der Waals surface area (Å²) >= 11 is 0. The molecular weight excluding hydrogens is 267 g/mol. The summed E-state index contributed by atoms with van der Waals surface area (Å²) in [5, 5.41) is 0. The van der Waals surface area contributed by atoms with Crippen molar-refractivity contribution in [2.24, 2.45) is 5.92 Å². The molecule has 1 aliphatic heterocycles. The van der Waals surface area contributed by atoms with Crippen molar-refractivity contribution < 1.29 is 14.1 Å². The second kappa shape index (κ2) is 7.55. The van der Waals surface area contributed by atoms with E-state index in [4.69, 9.17) is 0 Å². The van der Waals surface area contributed by atoms with Gasteiger partial charge in [0.25, 0.3) is 0 Å². The maximum absolute atomic E-state index is 12.9. The topological polar surface area (TPSA) is 24.8 Å². The number of piperidine rings is 1. The summed E-state index contributed by atoms with van der Waals surface area (Å²) in [6.07, 6.45) is 1.93. The first kappa shape index (κ1) is 16.0. The maximum atomic E-state index is 12.9. The van der Waals surface area contributed by atoms with Crippen LogP contribution in [0.4, 0.5) is 4.39 Å². The second-order valence-corrected chi connectivity index (χ2v) is 5.84. The molecule has 1 aromatic carbocycles. The molecule has 2 rings (SSSR count). The van der Waals surface area contributed by atoms with Gasteiger partial charge in [0.1, 0.15) is 12.4 Å². The molecule has 21 heavy (non-hydrogen) atoms. The number of hydrogen-bond donors (Lipinski definition) is 1. The van der Waals surface area contributed by atoms with Crippen molar-refractivity contribution >= 4 is 5.91 Å². The zero-order valence-electron chi connectivity index (χ0n) is 13.1. The summed E-state index contributed by atoms with van der Waals surface area (Å²) < 4.78 is 12.9. The number of carbonyl (C=O) groups is 1. The number of carbonyl (C=O) groups excluding carboxylic acids is 1. The predicted octanol–water partition coefficient (Wildman–Crippen LogP) is 1.49. The van der Waals surface area contributed by atoms with Gasteiger partial charge in [-0.3, -0.25) is 4.79 Å². The van der Waals surface area contributed by atoms with Crippen LogP contribution in [-0.2, 0) is 11.3 Å². The summed E-state index contributed by atoms with van der Waals surface area (Å²) in [7, 11) is 0. The van der Waals surface area contributed by atoms with Crippen molar-refractivity contribution in [2.45, 2.75) is 33.2 Å². The monoisotopic (exact) mass is 293 g/mol. The highest BCUT2D eigenvalue weighted by atomic mass is 19.1.